The minimum Gasteiger partial charge on any atom is -0.323 e. The molecule has 0 fully saturated rings. The zero-order valence-corrected chi connectivity index (χ0v) is 12.4. The monoisotopic (exact) mass is 291 g/mol. The summed E-state index contributed by atoms with van der Waals surface area (Å²) in [5.41, 5.74) is 1.39. The van der Waals surface area contributed by atoms with Crippen LogP contribution in [0.2, 0.25) is 5.02 Å². The Morgan fingerprint density at radius 1 is 1.45 bits per heavy atom. The van der Waals surface area contributed by atoms with Crippen LogP contribution in [-0.4, -0.2) is 23.5 Å². The third-order valence-corrected chi connectivity index (χ3v) is 3.39. The van der Waals surface area contributed by atoms with Crippen molar-refractivity contribution in [3.63, 3.8) is 0 Å². The van der Waals surface area contributed by atoms with Crippen LogP contribution in [0, 0.1) is 0 Å². The molecule has 0 radical (unpaired) electrons. The van der Waals surface area contributed by atoms with E-state index in [9.17, 15) is 4.79 Å². The summed E-state index contributed by atoms with van der Waals surface area (Å²) in [5.74, 6) is -0.0977. The molecule has 4 nitrogen and oxygen atoms in total. The molecule has 1 aromatic heterocycles. The molecule has 0 bridgehead atoms. The first-order chi connectivity index (χ1) is 9.60. The van der Waals surface area contributed by atoms with Gasteiger partial charge in [-0.2, -0.15) is 0 Å². The number of halogens is 1. The maximum atomic E-state index is 11.9. The number of anilines is 1. The van der Waals surface area contributed by atoms with Gasteiger partial charge in [0, 0.05) is 22.6 Å². The van der Waals surface area contributed by atoms with E-state index >= 15 is 0 Å². The smallest absolute Gasteiger partial charge is 0.238 e. The van der Waals surface area contributed by atoms with E-state index in [1.807, 2.05) is 25.1 Å². The molecule has 1 atom stereocenters. The number of aromatic nitrogens is 1. The zero-order valence-electron chi connectivity index (χ0n) is 11.6. The highest BCUT2D eigenvalue weighted by Crippen LogP contribution is 2.26. The van der Waals surface area contributed by atoms with Gasteiger partial charge in [0.05, 0.1) is 17.7 Å². The molecule has 106 valence electrons. The van der Waals surface area contributed by atoms with Gasteiger partial charge < -0.3 is 10.6 Å². The van der Waals surface area contributed by atoms with Crippen molar-refractivity contribution >= 4 is 34.1 Å². The molecule has 1 aromatic carbocycles. The lowest BCUT2D eigenvalue weighted by atomic mass is 10.2. The van der Waals surface area contributed by atoms with Gasteiger partial charge in [-0.05, 0) is 31.5 Å². The van der Waals surface area contributed by atoms with E-state index in [1.54, 1.807) is 12.3 Å². The van der Waals surface area contributed by atoms with E-state index in [2.05, 4.69) is 22.5 Å². The average molecular weight is 292 g/mol. The Morgan fingerprint density at radius 2 is 2.25 bits per heavy atom. The van der Waals surface area contributed by atoms with Crippen molar-refractivity contribution in [2.24, 2.45) is 0 Å². The quantitative estimate of drug-likeness (QED) is 0.889. The van der Waals surface area contributed by atoms with Crippen LogP contribution < -0.4 is 10.6 Å². The first-order valence-corrected chi connectivity index (χ1v) is 7.05. The number of fused-ring (bicyclic) bond motifs is 1. The van der Waals surface area contributed by atoms with Crippen LogP contribution in [0.3, 0.4) is 0 Å². The second-order valence-corrected chi connectivity index (χ2v) is 5.20. The number of hydrogen-bond donors (Lipinski definition) is 2. The summed E-state index contributed by atoms with van der Waals surface area (Å²) in [6.07, 6.45) is 2.68. The number of carbonyl (C=O) groups excluding carboxylic acids is 1. The molecule has 0 saturated carbocycles. The molecule has 1 amide bonds. The Labute approximate surface area is 123 Å². The first-order valence-electron chi connectivity index (χ1n) is 6.67. The van der Waals surface area contributed by atoms with Crippen molar-refractivity contribution in [3.8, 4) is 0 Å². The number of rotatable bonds is 5. The van der Waals surface area contributed by atoms with Crippen LogP contribution in [0.15, 0.2) is 30.5 Å². The van der Waals surface area contributed by atoms with E-state index < -0.39 is 0 Å². The minimum absolute atomic E-state index is 0.0977. The van der Waals surface area contributed by atoms with Gasteiger partial charge in [-0.25, -0.2) is 0 Å². The summed E-state index contributed by atoms with van der Waals surface area (Å²) in [6, 6.07) is 7.63. The van der Waals surface area contributed by atoms with E-state index in [0.29, 0.717) is 16.8 Å². The standard InChI is InChI=1S/C15H18ClN3O/c1-3-10(2)18-9-14(20)19-13-8-12(16)7-11-5-4-6-17-15(11)13/h4-8,10,18H,3,9H2,1-2H3,(H,19,20). The van der Waals surface area contributed by atoms with Crippen molar-refractivity contribution in [1.82, 2.24) is 10.3 Å². The minimum atomic E-state index is -0.0977. The number of nitrogens with one attached hydrogen (secondary N) is 2. The SMILES string of the molecule is CCC(C)NCC(=O)Nc1cc(Cl)cc2cccnc12. The molecular formula is C15H18ClN3O. The van der Waals surface area contributed by atoms with Crippen LogP contribution in [0.5, 0.6) is 0 Å². The lowest BCUT2D eigenvalue weighted by Crippen LogP contribution is -2.34. The van der Waals surface area contributed by atoms with Crippen LogP contribution in [0.1, 0.15) is 20.3 Å². The molecule has 1 unspecified atom stereocenters. The van der Waals surface area contributed by atoms with E-state index in [1.165, 1.54) is 0 Å². The molecule has 0 saturated heterocycles. The third kappa shape index (κ3) is 3.68. The molecule has 20 heavy (non-hydrogen) atoms. The topological polar surface area (TPSA) is 54.0 Å². The van der Waals surface area contributed by atoms with Gasteiger partial charge in [0.15, 0.2) is 0 Å². The summed E-state index contributed by atoms with van der Waals surface area (Å²) < 4.78 is 0. The van der Waals surface area contributed by atoms with Crippen LogP contribution in [-0.2, 0) is 4.79 Å². The molecule has 0 aliphatic heterocycles. The van der Waals surface area contributed by atoms with Crippen LogP contribution >= 0.6 is 11.6 Å². The molecule has 2 N–H and O–H groups in total. The highest BCUT2D eigenvalue weighted by Gasteiger charge is 2.09. The largest absolute Gasteiger partial charge is 0.323 e. The molecule has 5 heteroatoms. The van der Waals surface area contributed by atoms with Gasteiger partial charge in [0.25, 0.3) is 0 Å². The molecular weight excluding hydrogens is 274 g/mol. The van der Waals surface area contributed by atoms with Gasteiger partial charge in [-0.1, -0.05) is 24.6 Å². The third-order valence-electron chi connectivity index (χ3n) is 3.17. The summed E-state index contributed by atoms with van der Waals surface area (Å²) >= 11 is 6.06. The fourth-order valence-electron chi connectivity index (χ4n) is 1.86. The maximum absolute atomic E-state index is 11.9. The number of hydrogen-bond acceptors (Lipinski definition) is 3. The molecule has 0 spiro atoms. The van der Waals surface area contributed by atoms with E-state index in [4.69, 9.17) is 11.6 Å². The average Bonchev–Trinajstić information content (AvgIpc) is 2.44. The molecule has 2 rings (SSSR count). The normalized spacial score (nSPS) is 12.3. The predicted molar refractivity (Wildman–Crippen MR) is 83.1 cm³/mol. The van der Waals surface area contributed by atoms with Crippen LogP contribution in [0.25, 0.3) is 10.9 Å². The van der Waals surface area contributed by atoms with Gasteiger partial charge in [0.1, 0.15) is 0 Å². The number of amides is 1. The van der Waals surface area contributed by atoms with Gasteiger partial charge >= 0.3 is 0 Å². The van der Waals surface area contributed by atoms with Crippen molar-refractivity contribution in [1.29, 1.82) is 0 Å². The van der Waals surface area contributed by atoms with E-state index in [-0.39, 0.29) is 12.5 Å². The number of carbonyl (C=O) groups is 1. The fraction of sp³-hybridized carbons (Fsp3) is 0.333. The second kappa shape index (κ2) is 6.68. The number of pyridine rings is 1. The van der Waals surface area contributed by atoms with Crippen molar-refractivity contribution < 1.29 is 4.79 Å². The van der Waals surface area contributed by atoms with Crippen molar-refractivity contribution in [3.05, 3.63) is 35.5 Å². The highest BCUT2D eigenvalue weighted by atomic mass is 35.5. The van der Waals surface area contributed by atoms with Gasteiger partial charge in [-0.15, -0.1) is 0 Å². The lowest BCUT2D eigenvalue weighted by molar-refractivity contribution is -0.115. The number of nitrogens with zero attached hydrogens (tertiary/aromatic N) is 1. The molecule has 1 heterocycles. The van der Waals surface area contributed by atoms with Crippen molar-refractivity contribution in [2.75, 3.05) is 11.9 Å². The Bertz CT molecular complexity index is 615. The Balaban J connectivity index is 2.15. The first kappa shape index (κ1) is 14.8. The summed E-state index contributed by atoms with van der Waals surface area (Å²) in [7, 11) is 0. The Hall–Kier alpha value is -1.65. The fourth-order valence-corrected chi connectivity index (χ4v) is 2.08. The Kier molecular flexibility index (Phi) is 4.93. The maximum Gasteiger partial charge on any atom is 0.238 e. The van der Waals surface area contributed by atoms with Crippen LogP contribution in [0.4, 0.5) is 5.69 Å². The number of benzene rings is 1. The van der Waals surface area contributed by atoms with E-state index in [0.717, 1.165) is 17.3 Å². The summed E-state index contributed by atoms with van der Waals surface area (Å²) in [5, 5.41) is 7.49. The molecule has 0 aliphatic carbocycles. The zero-order chi connectivity index (χ0) is 14.5. The van der Waals surface area contributed by atoms with Gasteiger partial charge in [-0.3, -0.25) is 9.78 Å². The molecule has 2 aromatic rings. The molecule has 0 aliphatic rings. The summed E-state index contributed by atoms with van der Waals surface area (Å²) in [4.78, 5) is 16.2. The summed E-state index contributed by atoms with van der Waals surface area (Å²) in [6.45, 7) is 4.39. The lowest BCUT2D eigenvalue weighted by Gasteiger charge is -2.12. The van der Waals surface area contributed by atoms with Gasteiger partial charge in [0.2, 0.25) is 5.91 Å². The van der Waals surface area contributed by atoms with Crippen molar-refractivity contribution in [2.45, 2.75) is 26.3 Å². The predicted octanol–water partition coefficient (Wildman–Crippen LogP) is 3.21. The highest BCUT2D eigenvalue weighted by molar-refractivity contribution is 6.32. The Morgan fingerprint density at radius 3 is 3.00 bits per heavy atom. The second-order valence-electron chi connectivity index (χ2n) is 4.77.